The standard InChI is InChI=1S/C16H27NO2/c18-15-4-2-1-3-13(15)10-17-16(19)9-14-8-11-5-6-12(14)7-11/h11-15,18H,1-10H2,(H,17,19). The van der Waals surface area contributed by atoms with Gasteiger partial charge in [0.1, 0.15) is 0 Å². The maximum atomic E-state index is 12.0. The van der Waals surface area contributed by atoms with Gasteiger partial charge in [0.25, 0.3) is 0 Å². The second-order valence-corrected chi connectivity index (χ2v) is 7.06. The molecule has 19 heavy (non-hydrogen) atoms. The Balaban J connectivity index is 1.39. The molecule has 5 atom stereocenters. The third-order valence-electron chi connectivity index (χ3n) is 5.76. The Morgan fingerprint density at radius 3 is 2.58 bits per heavy atom. The van der Waals surface area contributed by atoms with Crippen LogP contribution in [-0.4, -0.2) is 23.7 Å². The van der Waals surface area contributed by atoms with Crippen molar-refractivity contribution in [1.29, 1.82) is 0 Å². The summed E-state index contributed by atoms with van der Waals surface area (Å²) in [6.45, 7) is 0.681. The molecule has 1 amide bonds. The summed E-state index contributed by atoms with van der Waals surface area (Å²) in [4.78, 5) is 12.0. The lowest BCUT2D eigenvalue weighted by atomic mass is 9.85. The third-order valence-corrected chi connectivity index (χ3v) is 5.76. The highest BCUT2D eigenvalue weighted by atomic mass is 16.3. The van der Waals surface area contributed by atoms with Crippen molar-refractivity contribution < 1.29 is 9.90 Å². The lowest BCUT2D eigenvalue weighted by molar-refractivity contribution is -0.122. The molecule has 0 spiro atoms. The molecule has 2 N–H and O–H groups in total. The predicted octanol–water partition coefficient (Wildman–Crippen LogP) is 2.48. The molecular weight excluding hydrogens is 238 g/mol. The molecule has 0 radical (unpaired) electrons. The summed E-state index contributed by atoms with van der Waals surface area (Å²) >= 11 is 0. The first-order valence-electron chi connectivity index (χ1n) is 8.17. The molecule has 3 aliphatic rings. The van der Waals surface area contributed by atoms with E-state index >= 15 is 0 Å². The fourth-order valence-corrected chi connectivity index (χ4v) is 4.61. The average Bonchev–Trinajstić information content (AvgIpc) is 3.00. The van der Waals surface area contributed by atoms with Gasteiger partial charge in [0, 0.05) is 18.9 Å². The van der Waals surface area contributed by atoms with E-state index in [1.54, 1.807) is 0 Å². The van der Waals surface area contributed by atoms with Crippen LogP contribution in [0.4, 0.5) is 0 Å². The number of fused-ring (bicyclic) bond motifs is 2. The van der Waals surface area contributed by atoms with Gasteiger partial charge in [0.15, 0.2) is 0 Å². The molecule has 3 fully saturated rings. The normalized spacial score (nSPS) is 41.4. The van der Waals surface area contributed by atoms with E-state index in [-0.39, 0.29) is 17.9 Å². The minimum absolute atomic E-state index is 0.198. The summed E-state index contributed by atoms with van der Waals surface area (Å²) in [6.07, 6.45) is 10.2. The molecule has 3 rings (SSSR count). The van der Waals surface area contributed by atoms with Crippen LogP contribution in [0.15, 0.2) is 0 Å². The van der Waals surface area contributed by atoms with Crippen molar-refractivity contribution in [2.24, 2.45) is 23.7 Å². The summed E-state index contributed by atoms with van der Waals surface area (Å²) in [6, 6.07) is 0. The van der Waals surface area contributed by atoms with Crippen molar-refractivity contribution in [3.8, 4) is 0 Å². The highest BCUT2D eigenvalue weighted by Crippen LogP contribution is 2.49. The van der Waals surface area contributed by atoms with Crippen LogP contribution in [-0.2, 0) is 4.79 Å². The van der Waals surface area contributed by atoms with E-state index in [0.29, 0.717) is 12.5 Å². The van der Waals surface area contributed by atoms with Crippen molar-refractivity contribution in [2.75, 3.05) is 6.54 Å². The van der Waals surface area contributed by atoms with Gasteiger partial charge in [-0.3, -0.25) is 4.79 Å². The van der Waals surface area contributed by atoms with Gasteiger partial charge >= 0.3 is 0 Å². The lowest BCUT2D eigenvalue weighted by Gasteiger charge is -2.28. The Bertz CT molecular complexity index is 331. The topological polar surface area (TPSA) is 49.3 Å². The van der Waals surface area contributed by atoms with Crippen molar-refractivity contribution >= 4 is 5.91 Å². The number of aliphatic hydroxyl groups excluding tert-OH is 1. The Kier molecular flexibility index (Phi) is 4.11. The molecule has 0 heterocycles. The van der Waals surface area contributed by atoms with E-state index in [2.05, 4.69) is 5.32 Å². The summed E-state index contributed by atoms with van der Waals surface area (Å²) in [7, 11) is 0. The van der Waals surface area contributed by atoms with Gasteiger partial charge in [-0.05, 0) is 49.9 Å². The number of hydrogen-bond acceptors (Lipinski definition) is 2. The minimum Gasteiger partial charge on any atom is -0.393 e. The van der Waals surface area contributed by atoms with Crippen molar-refractivity contribution in [1.82, 2.24) is 5.32 Å². The third kappa shape index (κ3) is 3.13. The first-order chi connectivity index (χ1) is 9.22. The zero-order valence-electron chi connectivity index (χ0n) is 11.8. The Morgan fingerprint density at radius 1 is 1.05 bits per heavy atom. The van der Waals surface area contributed by atoms with Crippen LogP contribution < -0.4 is 5.32 Å². The van der Waals surface area contributed by atoms with E-state index in [4.69, 9.17) is 0 Å². The van der Waals surface area contributed by atoms with Crippen molar-refractivity contribution in [3.63, 3.8) is 0 Å². The van der Waals surface area contributed by atoms with Gasteiger partial charge in [-0.1, -0.05) is 19.3 Å². The fourth-order valence-electron chi connectivity index (χ4n) is 4.61. The smallest absolute Gasteiger partial charge is 0.220 e. The molecule has 2 bridgehead atoms. The largest absolute Gasteiger partial charge is 0.393 e. The molecule has 3 nitrogen and oxygen atoms in total. The maximum Gasteiger partial charge on any atom is 0.220 e. The minimum atomic E-state index is -0.198. The van der Waals surface area contributed by atoms with Crippen molar-refractivity contribution in [3.05, 3.63) is 0 Å². The quantitative estimate of drug-likeness (QED) is 0.820. The summed E-state index contributed by atoms with van der Waals surface area (Å²) in [5.41, 5.74) is 0. The van der Waals surface area contributed by atoms with Gasteiger partial charge < -0.3 is 10.4 Å². The van der Waals surface area contributed by atoms with Crippen LogP contribution in [0.3, 0.4) is 0 Å². The fraction of sp³-hybridized carbons (Fsp3) is 0.938. The first kappa shape index (κ1) is 13.4. The van der Waals surface area contributed by atoms with E-state index in [9.17, 15) is 9.90 Å². The zero-order valence-corrected chi connectivity index (χ0v) is 11.8. The van der Waals surface area contributed by atoms with E-state index in [1.807, 2.05) is 0 Å². The van der Waals surface area contributed by atoms with Crippen LogP contribution in [0.5, 0.6) is 0 Å². The molecule has 0 saturated heterocycles. The van der Waals surface area contributed by atoms with Gasteiger partial charge in [-0.25, -0.2) is 0 Å². The van der Waals surface area contributed by atoms with E-state index < -0.39 is 0 Å². The SMILES string of the molecule is O=C(CC1CC2CCC1C2)NCC1CCCCC1O. The number of amides is 1. The highest BCUT2D eigenvalue weighted by molar-refractivity contribution is 5.76. The number of nitrogens with one attached hydrogen (secondary N) is 1. The maximum absolute atomic E-state index is 12.0. The van der Waals surface area contributed by atoms with Gasteiger partial charge in [0.05, 0.1) is 6.10 Å². The van der Waals surface area contributed by atoms with E-state index in [1.165, 1.54) is 32.1 Å². The van der Waals surface area contributed by atoms with Gasteiger partial charge in [-0.2, -0.15) is 0 Å². The summed E-state index contributed by atoms with van der Waals surface area (Å²) in [5, 5.41) is 13.0. The van der Waals surface area contributed by atoms with Crippen molar-refractivity contribution in [2.45, 2.75) is 63.9 Å². The lowest BCUT2D eigenvalue weighted by Crippen LogP contribution is -2.37. The Hall–Kier alpha value is -0.570. The molecule has 3 saturated carbocycles. The van der Waals surface area contributed by atoms with Crippen LogP contribution in [0.2, 0.25) is 0 Å². The van der Waals surface area contributed by atoms with E-state index in [0.717, 1.165) is 37.5 Å². The molecule has 0 aromatic carbocycles. The molecule has 5 unspecified atom stereocenters. The second-order valence-electron chi connectivity index (χ2n) is 7.06. The second kappa shape index (κ2) is 5.82. The average molecular weight is 265 g/mol. The monoisotopic (exact) mass is 265 g/mol. The molecule has 3 heteroatoms. The number of carbonyl (C=O) groups excluding carboxylic acids is 1. The predicted molar refractivity (Wildman–Crippen MR) is 74.5 cm³/mol. The van der Waals surface area contributed by atoms with Crippen LogP contribution >= 0.6 is 0 Å². The first-order valence-corrected chi connectivity index (χ1v) is 8.17. The van der Waals surface area contributed by atoms with Crippen LogP contribution in [0.1, 0.15) is 57.8 Å². The molecular formula is C16H27NO2. The molecule has 0 aromatic rings. The van der Waals surface area contributed by atoms with Crippen LogP contribution in [0, 0.1) is 23.7 Å². The molecule has 3 aliphatic carbocycles. The number of hydrogen-bond donors (Lipinski definition) is 2. The zero-order chi connectivity index (χ0) is 13.2. The molecule has 108 valence electrons. The summed E-state index contributed by atoms with van der Waals surface area (Å²) in [5.74, 6) is 2.90. The summed E-state index contributed by atoms with van der Waals surface area (Å²) < 4.78 is 0. The number of rotatable bonds is 4. The number of carbonyl (C=O) groups is 1. The Morgan fingerprint density at radius 2 is 1.89 bits per heavy atom. The highest BCUT2D eigenvalue weighted by Gasteiger charge is 2.40. The van der Waals surface area contributed by atoms with Gasteiger partial charge in [-0.15, -0.1) is 0 Å². The number of aliphatic hydroxyl groups is 1. The molecule has 0 aromatic heterocycles. The van der Waals surface area contributed by atoms with Gasteiger partial charge in [0.2, 0.25) is 5.91 Å². The Labute approximate surface area is 116 Å². The molecule has 0 aliphatic heterocycles. The van der Waals surface area contributed by atoms with Crippen LogP contribution in [0.25, 0.3) is 0 Å².